The molecule has 0 saturated carbocycles. The molecule has 4 heteroatoms. The molecule has 2 rings (SSSR count). The maximum absolute atomic E-state index is 12.3. The summed E-state index contributed by atoms with van der Waals surface area (Å²) in [7, 11) is 1.95. The van der Waals surface area contributed by atoms with Crippen molar-refractivity contribution in [2.24, 2.45) is 0 Å². The average Bonchev–Trinajstić information content (AvgIpc) is 2.86. The summed E-state index contributed by atoms with van der Waals surface area (Å²) in [5.41, 5.74) is 0.726. The Hall–Kier alpha value is -1.29. The number of nitrogens with one attached hydrogen (secondary N) is 1. The van der Waals surface area contributed by atoms with Crippen molar-refractivity contribution in [3.05, 3.63) is 23.7 Å². The first-order valence-electron chi connectivity index (χ1n) is 6.29. The number of hydrogen-bond donors (Lipinski definition) is 1. The van der Waals surface area contributed by atoms with Gasteiger partial charge < -0.3 is 14.6 Å². The summed E-state index contributed by atoms with van der Waals surface area (Å²) in [5, 5.41) is 3.25. The van der Waals surface area contributed by atoms with Gasteiger partial charge in [-0.2, -0.15) is 0 Å². The normalized spacial score (nSPS) is 20.6. The summed E-state index contributed by atoms with van der Waals surface area (Å²) in [6, 6.07) is 2.20. The molecule has 1 atom stereocenters. The zero-order chi connectivity index (χ0) is 12.3. The fraction of sp³-hybridized carbons (Fsp3) is 0.615. The van der Waals surface area contributed by atoms with Crippen LogP contribution in [-0.2, 0) is 6.42 Å². The van der Waals surface area contributed by atoms with Gasteiger partial charge >= 0.3 is 0 Å². The van der Waals surface area contributed by atoms with Gasteiger partial charge in [0.15, 0.2) is 0 Å². The minimum Gasteiger partial charge on any atom is -0.469 e. The fourth-order valence-electron chi connectivity index (χ4n) is 2.37. The lowest BCUT2D eigenvalue weighted by Crippen LogP contribution is -2.47. The minimum absolute atomic E-state index is 0.107. The Labute approximate surface area is 102 Å². The fourth-order valence-corrected chi connectivity index (χ4v) is 2.37. The standard InChI is InChI=1S/C13H20N2O2/c1-3-12-11(6-8-17-12)13(16)15-7-4-5-10(9-15)14-2/h6,8,10,14H,3-5,7,9H2,1-2H3. The first kappa shape index (κ1) is 12.2. The number of piperidine rings is 1. The number of furan rings is 1. The third-order valence-electron chi connectivity index (χ3n) is 3.41. The van der Waals surface area contributed by atoms with Crippen molar-refractivity contribution in [3.63, 3.8) is 0 Å². The maximum atomic E-state index is 12.3. The predicted molar refractivity (Wildman–Crippen MR) is 66.1 cm³/mol. The summed E-state index contributed by atoms with van der Waals surface area (Å²) in [6.45, 7) is 3.65. The summed E-state index contributed by atoms with van der Waals surface area (Å²) < 4.78 is 5.32. The minimum atomic E-state index is 0.107. The van der Waals surface area contributed by atoms with Gasteiger partial charge in [0.25, 0.3) is 5.91 Å². The second-order valence-corrected chi connectivity index (χ2v) is 4.49. The summed E-state index contributed by atoms with van der Waals surface area (Å²) in [6.07, 6.45) is 4.58. The van der Waals surface area contributed by atoms with Crippen LogP contribution in [0.4, 0.5) is 0 Å². The second kappa shape index (κ2) is 5.36. The molecule has 1 saturated heterocycles. The smallest absolute Gasteiger partial charge is 0.257 e. The Bertz CT molecular complexity index is 387. The third kappa shape index (κ3) is 2.52. The van der Waals surface area contributed by atoms with Gasteiger partial charge in [-0.25, -0.2) is 0 Å². The highest BCUT2D eigenvalue weighted by atomic mass is 16.3. The van der Waals surface area contributed by atoms with Gasteiger partial charge in [0.1, 0.15) is 5.76 Å². The van der Waals surface area contributed by atoms with E-state index in [1.165, 1.54) is 0 Å². The summed E-state index contributed by atoms with van der Waals surface area (Å²) in [4.78, 5) is 14.3. The Kier molecular flexibility index (Phi) is 3.84. The van der Waals surface area contributed by atoms with Gasteiger partial charge in [-0.3, -0.25) is 4.79 Å². The number of hydrogen-bond acceptors (Lipinski definition) is 3. The van der Waals surface area contributed by atoms with E-state index in [1.54, 1.807) is 12.3 Å². The van der Waals surface area contributed by atoms with Crippen LogP contribution in [0.1, 0.15) is 35.9 Å². The molecule has 1 aromatic heterocycles. The molecule has 0 aromatic carbocycles. The largest absolute Gasteiger partial charge is 0.469 e. The molecule has 0 spiro atoms. The average molecular weight is 236 g/mol. The molecule has 94 valence electrons. The van der Waals surface area contributed by atoms with Gasteiger partial charge in [-0.15, -0.1) is 0 Å². The molecule has 4 nitrogen and oxygen atoms in total. The van der Waals surface area contributed by atoms with Crippen LogP contribution in [0.25, 0.3) is 0 Å². The highest BCUT2D eigenvalue weighted by Gasteiger charge is 2.25. The van der Waals surface area contributed by atoms with Crippen LogP contribution in [0, 0.1) is 0 Å². The van der Waals surface area contributed by atoms with E-state index in [0.717, 1.165) is 43.7 Å². The zero-order valence-electron chi connectivity index (χ0n) is 10.5. The SMILES string of the molecule is CCc1occc1C(=O)N1CCCC(NC)C1. The van der Waals surface area contributed by atoms with Crippen LogP contribution in [0.3, 0.4) is 0 Å². The Morgan fingerprint density at radius 2 is 2.47 bits per heavy atom. The molecule has 0 radical (unpaired) electrons. The molecule has 1 amide bonds. The van der Waals surface area contributed by atoms with Gasteiger partial charge in [0.05, 0.1) is 11.8 Å². The number of carbonyl (C=O) groups excluding carboxylic acids is 1. The number of likely N-dealkylation sites (N-methyl/N-ethyl adjacent to an activating group) is 1. The highest BCUT2D eigenvalue weighted by molar-refractivity contribution is 5.95. The van der Waals surface area contributed by atoms with E-state index in [1.807, 2.05) is 18.9 Å². The maximum Gasteiger partial charge on any atom is 0.257 e. The topological polar surface area (TPSA) is 45.5 Å². The molecular formula is C13H20N2O2. The Morgan fingerprint density at radius 3 is 3.18 bits per heavy atom. The Morgan fingerprint density at radius 1 is 1.65 bits per heavy atom. The molecule has 0 aliphatic carbocycles. The molecule has 1 aromatic rings. The molecule has 1 fully saturated rings. The van der Waals surface area contributed by atoms with Crippen LogP contribution in [0.5, 0.6) is 0 Å². The van der Waals surface area contributed by atoms with Crippen LogP contribution >= 0.6 is 0 Å². The molecule has 1 N–H and O–H groups in total. The molecule has 2 heterocycles. The summed E-state index contributed by atoms with van der Waals surface area (Å²) >= 11 is 0. The monoisotopic (exact) mass is 236 g/mol. The van der Waals surface area contributed by atoms with Crippen molar-refractivity contribution < 1.29 is 9.21 Å². The lowest BCUT2D eigenvalue weighted by atomic mass is 10.0. The van der Waals surface area contributed by atoms with Crippen molar-refractivity contribution in [1.29, 1.82) is 0 Å². The summed E-state index contributed by atoms with van der Waals surface area (Å²) in [5.74, 6) is 0.900. The van der Waals surface area contributed by atoms with E-state index in [4.69, 9.17) is 4.42 Å². The lowest BCUT2D eigenvalue weighted by Gasteiger charge is -2.32. The molecule has 0 bridgehead atoms. The van der Waals surface area contributed by atoms with Crippen LogP contribution in [0.15, 0.2) is 16.7 Å². The van der Waals surface area contributed by atoms with E-state index in [9.17, 15) is 4.79 Å². The highest BCUT2D eigenvalue weighted by Crippen LogP contribution is 2.17. The first-order valence-corrected chi connectivity index (χ1v) is 6.29. The van der Waals surface area contributed by atoms with Crippen molar-refractivity contribution >= 4 is 5.91 Å². The molecule has 1 aliphatic rings. The van der Waals surface area contributed by atoms with Crippen LogP contribution in [-0.4, -0.2) is 37.0 Å². The van der Waals surface area contributed by atoms with Crippen LogP contribution < -0.4 is 5.32 Å². The molecule has 1 unspecified atom stereocenters. The number of likely N-dealkylation sites (tertiary alicyclic amines) is 1. The third-order valence-corrected chi connectivity index (χ3v) is 3.41. The number of carbonyl (C=O) groups is 1. The van der Waals surface area contributed by atoms with Crippen molar-refractivity contribution in [1.82, 2.24) is 10.2 Å². The van der Waals surface area contributed by atoms with Crippen molar-refractivity contribution in [2.75, 3.05) is 20.1 Å². The van der Waals surface area contributed by atoms with Gasteiger partial charge in [0.2, 0.25) is 0 Å². The quantitative estimate of drug-likeness (QED) is 0.868. The number of amides is 1. The van der Waals surface area contributed by atoms with E-state index in [2.05, 4.69) is 5.32 Å². The molecular weight excluding hydrogens is 216 g/mol. The van der Waals surface area contributed by atoms with E-state index in [-0.39, 0.29) is 5.91 Å². The van der Waals surface area contributed by atoms with E-state index < -0.39 is 0 Å². The lowest BCUT2D eigenvalue weighted by molar-refractivity contribution is 0.0696. The predicted octanol–water partition coefficient (Wildman–Crippen LogP) is 1.67. The van der Waals surface area contributed by atoms with Gasteiger partial charge in [0, 0.05) is 25.6 Å². The van der Waals surface area contributed by atoms with E-state index in [0.29, 0.717) is 6.04 Å². The Balaban J connectivity index is 2.09. The zero-order valence-corrected chi connectivity index (χ0v) is 10.5. The number of rotatable bonds is 3. The molecule has 1 aliphatic heterocycles. The van der Waals surface area contributed by atoms with Crippen molar-refractivity contribution in [2.45, 2.75) is 32.2 Å². The van der Waals surface area contributed by atoms with Crippen LogP contribution in [0.2, 0.25) is 0 Å². The van der Waals surface area contributed by atoms with Gasteiger partial charge in [-0.05, 0) is 26.0 Å². The second-order valence-electron chi connectivity index (χ2n) is 4.49. The molecule has 17 heavy (non-hydrogen) atoms. The first-order chi connectivity index (χ1) is 8.26. The number of aryl methyl sites for hydroxylation is 1. The number of nitrogens with zero attached hydrogens (tertiary/aromatic N) is 1. The van der Waals surface area contributed by atoms with Crippen molar-refractivity contribution in [3.8, 4) is 0 Å². The van der Waals surface area contributed by atoms with Gasteiger partial charge in [-0.1, -0.05) is 6.92 Å². The van der Waals surface area contributed by atoms with E-state index >= 15 is 0 Å².